The maximum atomic E-state index is 11.3. The van der Waals surface area contributed by atoms with Crippen LogP contribution >= 0.6 is 0 Å². The molecular weight excluding hydrogens is 280 g/mol. The first-order chi connectivity index (χ1) is 11.2. The molecule has 0 aromatic heterocycles. The number of aliphatic hydroxyl groups is 1. The average molecular weight is 310 g/mol. The van der Waals surface area contributed by atoms with Crippen LogP contribution in [0.4, 0.5) is 0 Å². The predicted molar refractivity (Wildman–Crippen MR) is 98.6 cm³/mol. The molecule has 1 nitrogen and oxygen atoms in total. The van der Waals surface area contributed by atoms with Gasteiger partial charge in [-0.3, -0.25) is 0 Å². The van der Waals surface area contributed by atoms with Crippen LogP contribution in [-0.4, -0.2) is 5.11 Å². The molecule has 0 amide bonds. The molecule has 2 aromatic carbocycles. The third-order valence-corrected chi connectivity index (χ3v) is 4.94. The molecule has 0 spiro atoms. The Labute approximate surface area is 141 Å². The van der Waals surface area contributed by atoms with Gasteiger partial charge in [0.1, 0.15) is 0 Å². The number of hydrogen-bond donors (Lipinski definition) is 1. The summed E-state index contributed by atoms with van der Waals surface area (Å²) in [4.78, 5) is 0. The molecule has 0 saturated carbocycles. The number of rotatable bonds is 9. The van der Waals surface area contributed by atoms with Crippen molar-refractivity contribution in [2.24, 2.45) is 0 Å². The van der Waals surface area contributed by atoms with Gasteiger partial charge >= 0.3 is 0 Å². The fourth-order valence-electron chi connectivity index (χ4n) is 3.55. The Morgan fingerprint density at radius 2 is 1.26 bits per heavy atom. The molecule has 0 heterocycles. The molecular formula is C22H30O. The largest absolute Gasteiger partial charge is 0.387 e. The SMILES string of the molecule is CCCCC(CCCC)(c1ccccc1)C(O)c1ccccc1. The Kier molecular flexibility index (Phi) is 6.85. The Morgan fingerprint density at radius 1 is 0.783 bits per heavy atom. The van der Waals surface area contributed by atoms with Crippen LogP contribution in [0.5, 0.6) is 0 Å². The highest BCUT2D eigenvalue weighted by molar-refractivity contribution is 5.32. The summed E-state index contributed by atoms with van der Waals surface area (Å²) in [6.45, 7) is 4.45. The van der Waals surface area contributed by atoms with Crippen molar-refractivity contribution in [3.8, 4) is 0 Å². The minimum atomic E-state index is -0.454. The van der Waals surface area contributed by atoms with Gasteiger partial charge in [-0.25, -0.2) is 0 Å². The van der Waals surface area contributed by atoms with Gasteiger partial charge < -0.3 is 5.11 Å². The highest BCUT2D eigenvalue weighted by atomic mass is 16.3. The van der Waals surface area contributed by atoms with Crippen LogP contribution in [-0.2, 0) is 5.41 Å². The summed E-state index contributed by atoms with van der Waals surface area (Å²) in [6, 6.07) is 20.8. The monoisotopic (exact) mass is 310 g/mol. The summed E-state index contributed by atoms with van der Waals surface area (Å²) in [5.41, 5.74) is 2.12. The minimum absolute atomic E-state index is 0.186. The summed E-state index contributed by atoms with van der Waals surface area (Å²) in [5.74, 6) is 0. The van der Waals surface area contributed by atoms with E-state index in [1.807, 2.05) is 18.2 Å². The molecule has 2 aromatic rings. The molecule has 1 N–H and O–H groups in total. The number of hydrogen-bond acceptors (Lipinski definition) is 1. The Morgan fingerprint density at radius 3 is 1.74 bits per heavy atom. The first kappa shape index (κ1) is 17.7. The summed E-state index contributed by atoms with van der Waals surface area (Å²) in [5, 5.41) is 11.3. The lowest BCUT2D eigenvalue weighted by atomic mass is 9.67. The van der Waals surface area contributed by atoms with Gasteiger partial charge in [-0.05, 0) is 24.0 Å². The van der Waals surface area contributed by atoms with Gasteiger partial charge in [-0.1, -0.05) is 100 Å². The topological polar surface area (TPSA) is 20.2 Å². The van der Waals surface area contributed by atoms with Gasteiger partial charge in [-0.15, -0.1) is 0 Å². The van der Waals surface area contributed by atoms with Crippen LogP contribution in [0.2, 0.25) is 0 Å². The van der Waals surface area contributed by atoms with Crippen LogP contribution in [0.15, 0.2) is 60.7 Å². The molecule has 0 aliphatic heterocycles. The van der Waals surface area contributed by atoms with Crippen molar-refractivity contribution >= 4 is 0 Å². The fourth-order valence-corrected chi connectivity index (χ4v) is 3.55. The first-order valence-electron chi connectivity index (χ1n) is 9.03. The molecule has 0 radical (unpaired) electrons. The van der Waals surface area contributed by atoms with E-state index >= 15 is 0 Å². The Bertz CT molecular complexity index is 539. The molecule has 2 rings (SSSR count). The van der Waals surface area contributed by atoms with Crippen molar-refractivity contribution in [1.29, 1.82) is 0 Å². The molecule has 1 atom stereocenters. The number of unbranched alkanes of at least 4 members (excludes halogenated alkanes) is 2. The van der Waals surface area contributed by atoms with Crippen molar-refractivity contribution < 1.29 is 5.11 Å². The number of benzene rings is 2. The molecule has 124 valence electrons. The molecule has 23 heavy (non-hydrogen) atoms. The van der Waals surface area contributed by atoms with E-state index in [9.17, 15) is 5.11 Å². The third kappa shape index (κ3) is 4.23. The maximum Gasteiger partial charge on any atom is 0.0886 e. The van der Waals surface area contributed by atoms with Crippen LogP contribution in [0.3, 0.4) is 0 Å². The molecule has 0 fully saturated rings. The second-order valence-electron chi connectivity index (χ2n) is 6.54. The molecule has 1 unspecified atom stereocenters. The maximum absolute atomic E-state index is 11.3. The zero-order valence-corrected chi connectivity index (χ0v) is 14.5. The zero-order valence-electron chi connectivity index (χ0n) is 14.5. The van der Waals surface area contributed by atoms with Gasteiger partial charge in [-0.2, -0.15) is 0 Å². The first-order valence-corrected chi connectivity index (χ1v) is 9.03. The van der Waals surface area contributed by atoms with E-state index in [2.05, 4.69) is 56.3 Å². The summed E-state index contributed by atoms with van der Waals surface area (Å²) >= 11 is 0. The Hall–Kier alpha value is -1.60. The summed E-state index contributed by atoms with van der Waals surface area (Å²) in [7, 11) is 0. The molecule has 0 saturated heterocycles. The molecule has 0 bridgehead atoms. The lowest BCUT2D eigenvalue weighted by Gasteiger charge is -2.39. The highest BCUT2D eigenvalue weighted by Crippen LogP contribution is 2.45. The van der Waals surface area contributed by atoms with E-state index in [0.29, 0.717) is 0 Å². The van der Waals surface area contributed by atoms with Gasteiger partial charge in [0.25, 0.3) is 0 Å². The van der Waals surface area contributed by atoms with Crippen molar-refractivity contribution in [2.45, 2.75) is 63.9 Å². The third-order valence-electron chi connectivity index (χ3n) is 4.94. The minimum Gasteiger partial charge on any atom is -0.387 e. The quantitative estimate of drug-likeness (QED) is 0.598. The van der Waals surface area contributed by atoms with Gasteiger partial charge in [0.05, 0.1) is 6.10 Å². The van der Waals surface area contributed by atoms with E-state index in [-0.39, 0.29) is 5.41 Å². The molecule has 1 heteroatoms. The normalized spacial score (nSPS) is 13.0. The number of aliphatic hydroxyl groups excluding tert-OH is 1. The van der Waals surface area contributed by atoms with Crippen LogP contribution < -0.4 is 0 Å². The Balaban J connectivity index is 2.46. The van der Waals surface area contributed by atoms with Crippen molar-refractivity contribution in [3.63, 3.8) is 0 Å². The summed E-state index contributed by atoms with van der Waals surface area (Å²) < 4.78 is 0. The second kappa shape index (κ2) is 8.88. The van der Waals surface area contributed by atoms with E-state index in [1.165, 1.54) is 5.56 Å². The van der Waals surface area contributed by atoms with Crippen molar-refractivity contribution in [2.75, 3.05) is 0 Å². The summed E-state index contributed by atoms with van der Waals surface area (Å²) in [6.07, 6.45) is 6.20. The van der Waals surface area contributed by atoms with Crippen molar-refractivity contribution in [3.05, 3.63) is 71.8 Å². The standard InChI is InChI=1S/C22H30O/c1-3-5-17-22(18-6-4-2,20-15-11-8-12-16-20)21(23)19-13-9-7-10-14-19/h7-16,21,23H,3-6,17-18H2,1-2H3. The molecule has 0 aliphatic rings. The molecule has 0 aliphatic carbocycles. The lowest BCUT2D eigenvalue weighted by Crippen LogP contribution is -2.34. The second-order valence-corrected chi connectivity index (χ2v) is 6.54. The van der Waals surface area contributed by atoms with Gasteiger partial charge in [0.2, 0.25) is 0 Å². The van der Waals surface area contributed by atoms with E-state index in [4.69, 9.17) is 0 Å². The van der Waals surface area contributed by atoms with E-state index in [1.54, 1.807) is 0 Å². The average Bonchev–Trinajstić information content (AvgIpc) is 2.63. The predicted octanol–water partition coefficient (Wildman–Crippen LogP) is 6.04. The van der Waals surface area contributed by atoms with E-state index < -0.39 is 6.10 Å². The zero-order chi connectivity index (χ0) is 16.5. The van der Waals surface area contributed by atoms with Crippen LogP contribution in [0.25, 0.3) is 0 Å². The fraction of sp³-hybridized carbons (Fsp3) is 0.455. The van der Waals surface area contributed by atoms with Crippen molar-refractivity contribution in [1.82, 2.24) is 0 Å². The van der Waals surface area contributed by atoms with Crippen LogP contribution in [0, 0.1) is 0 Å². The highest BCUT2D eigenvalue weighted by Gasteiger charge is 2.39. The smallest absolute Gasteiger partial charge is 0.0886 e. The van der Waals surface area contributed by atoms with E-state index in [0.717, 1.165) is 44.1 Å². The van der Waals surface area contributed by atoms with Gasteiger partial charge in [0, 0.05) is 5.41 Å². The van der Waals surface area contributed by atoms with Crippen LogP contribution in [0.1, 0.15) is 69.6 Å². The van der Waals surface area contributed by atoms with Gasteiger partial charge in [0.15, 0.2) is 0 Å². The lowest BCUT2D eigenvalue weighted by molar-refractivity contribution is 0.0633.